The molecule has 0 aliphatic rings. The van der Waals surface area contributed by atoms with Gasteiger partial charge in [-0.25, -0.2) is 8.78 Å². The number of hydrogen-bond donors (Lipinski definition) is 3. The van der Waals surface area contributed by atoms with Crippen molar-refractivity contribution in [1.29, 1.82) is 0 Å². The highest BCUT2D eigenvalue weighted by atomic mass is 19.1. The van der Waals surface area contributed by atoms with Crippen LogP contribution in [0.15, 0.2) is 48.5 Å². The van der Waals surface area contributed by atoms with Gasteiger partial charge in [0.15, 0.2) is 0 Å². The molecule has 0 spiro atoms. The minimum Gasteiger partial charge on any atom is -0.368 e. The number of rotatable bonds is 7. The Balaban J connectivity index is 1.88. The van der Waals surface area contributed by atoms with Crippen molar-refractivity contribution in [1.82, 2.24) is 10.6 Å². The average Bonchev–Trinajstić information content (AvgIpc) is 2.60. The fourth-order valence-corrected chi connectivity index (χ4v) is 2.26. The Labute approximate surface area is 148 Å². The topological polar surface area (TPSA) is 101 Å². The van der Waals surface area contributed by atoms with Crippen LogP contribution < -0.4 is 16.4 Å². The maximum absolute atomic E-state index is 13.5. The number of nitrogens with one attached hydrogen (secondary N) is 2. The number of primary amides is 1. The summed E-state index contributed by atoms with van der Waals surface area (Å²) in [6.45, 7) is -0.0955. The Morgan fingerprint density at radius 2 is 1.73 bits per heavy atom. The molecular formula is C18H17F2N3O3. The van der Waals surface area contributed by atoms with Gasteiger partial charge in [0.1, 0.15) is 17.7 Å². The first-order chi connectivity index (χ1) is 12.4. The number of benzene rings is 2. The Kier molecular flexibility index (Phi) is 6.37. The van der Waals surface area contributed by atoms with E-state index in [4.69, 9.17) is 5.73 Å². The van der Waals surface area contributed by atoms with Crippen molar-refractivity contribution in [3.05, 3.63) is 71.3 Å². The van der Waals surface area contributed by atoms with Gasteiger partial charge in [-0.05, 0) is 17.7 Å². The van der Waals surface area contributed by atoms with Crippen molar-refractivity contribution < 1.29 is 23.2 Å². The highest BCUT2D eigenvalue weighted by Crippen LogP contribution is 2.12. The minimum atomic E-state index is -0.996. The third-order valence-electron chi connectivity index (χ3n) is 3.54. The van der Waals surface area contributed by atoms with E-state index < -0.39 is 35.4 Å². The van der Waals surface area contributed by atoms with Gasteiger partial charge in [-0.2, -0.15) is 0 Å². The molecular weight excluding hydrogens is 344 g/mol. The molecule has 2 aromatic rings. The molecule has 2 aromatic carbocycles. The first kappa shape index (κ1) is 19.0. The molecule has 0 saturated carbocycles. The van der Waals surface area contributed by atoms with Gasteiger partial charge in [-0.3, -0.25) is 14.4 Å². The lowest BCUT2D eigenvalue weighted by Gasteiger charge is -2.16. The molecule has 136 valence electrons. The van der Waals surface area contributed by atoms with Gasteiger partial charge < -0.3 is 16.4 Å². The second-order valence-corrected chi connectivity index (χ2v) is 5.44. The van der Waals surface area contributed by atoms with Gasteiger partial charge in [-0.1, -0.05) is 30.3 Å². The summed E-state index contributed by atoms with van der Waals surface area (Å²) in [5.74, 6) is -3.80. The Morgan fingerprint density at radius 1 is 1.04 bits per heavy atom. The first-order valence-electron chi connectivity index (χ1n) is 7.75. The number of carbonyl (C=O) groups is 3. The fourth-order valence-electron chi connectivity index (χ4n) is 2.26. The lowest BCUT2D eigenvalue weighted by atomic mass is 10.1. The quantitative estimate of drug-likeness (QED) is 0.695. The van der Waals surface area contributed by atoms with E-state index in [0.717, 1.165) is 12.1 Å². The van der Waals surface area contributed by atoms with Gasteiger partial charge in [0.2, 0.25) is 11.8 Å². The molecule has 0 aliphatic heterocycles. The van der Waals surface area contributed by atoms with Crippen LogP contribution in [0.1, 0.15) is 28.4 Å². The minimum absolute atomic E-state index is 0.0955. The summed E-state index contributed by atoms with van der Waals surface area (Å²) in [6.07, 6.45) is -0.148. The zero-order valence-corrected chi connectivity index (χ0v) is 13.7. The first-order valence-corrected chi connectivity index (χ1v) is 7.75. The van der Waals surface area contributed by atoms with Crippen molar-refractivity contribution in [3.63, 3.8) is 0 Å². The van der Waals surface area contributed by atoms with E-state index in [1.807, 2.05) is 0 Å². The Morgan fingerprint density at radius 3 is 2.35 bits per heavy atom. The monoisotopic (exact) mass is 361 g/mol. The van der Waals surface area contributed by atoms with Crippen LogP contribution in [0.5, 0.6) is 0 Å². The zero-order chi connectivity index (χ0) is 19.1. The van der Waals surface area contributed by atoms with E-state index in [0.29, 0.717) is 11.6 Å². The third kappa shape index (κ3) is 5.10. The van der Waals surface area contributed by atoms with Crippen LogP contribution in [-0.4, -0.2) is 24.3 Å². The van der Waals surface area contributed by atoms with Crippen LogP contribution in [0, 0.1) is 11.6 Å². The smallest absolute Gasteiger partial charge is 0.254 e. The molecule has 0 heterocycles. The van der Waals surface area contributed by atoms with Crippen LogP contribution in [-0.2, 0) is 9.59 Å². The molecule has 0 aromatic heterocycles. The number of amides is 3. The standard InChI is InChI=1S/C18H17F2N3O3/c19-12-6-7-13(14(20)10-12)18(26)22-9-8-15(24)23-16(17(21)25)11-4-2-1-3-5-11/h1-7,10,16H,8-9H2,(H2,21,25)(H,22,26)(H,23,24). The molecule has 0 radical (unpaired) electrons. The summed E-state index contributed by atoms with van der Waals surface area (Å²) in [5, 5.41) is 4.83. The fraction of sp³-hybridized carbons (Fsp3) is 0.167. The second-order valence-electron chi connectivity index (χ2n) is 5.44. The predicted octanol–water partition coefficient (Wildman–Crippen LogP) is 1.43. The predicted molar refractivity (Wildman–Crippen MR) is 89.8 cm³/mol. The molecule has 4 N–H and O–H groups in total. The molecule has 0 saturated heterocycles. The highest BCUT2D eigenvalue weighted by molar-refractivity contribution is 5.94. The lowest BCUT2D eigenvalue weighted by Crippen LogP contribution is -2.39. The van der Waals surface area contributed by atoms with Gasteiger partial charge in [0, 0.05) is 19.0 Å². The number of carbonyl (C=O) groups excluding carboxylic acids is 3. The molecule has 0 fully saturated rings. The van der Waals surface area contributed by atoms with Crippen molar-refractivity contribution >= 4 is 17.7 Å². The summed E-state index contributed by atoms with van der Waals surface area (Å²) in [7, 11) is 0. The molecule has 1 atom stereocenters. The van der Waals surface area contributed by atoms with Crippen LogP contribution in [0.3, 0.4) is 0 Å². The SMILES string of the molecule is NC(=O)C(NC(=O)CCNC(=O)c1ccc(F)cc1F)c1ccccc1. The second kappa shape index (κ2) is 8.70. The van der Waals surface area contributed by atoms with Crippen LogP contribution in [0.4, 0.5) is 8.78 Å². The van der Waals surface area contributed by atoms with E-state index in [1.54, 1.807) is 30.3 Å². The summed E-state index contributed by atoms with van der Waals surface area (Å²) in [5.41, 5.74) is 5.51. The Bertz CT molecular complexity index is 813. The molecule has 6 nitrogen and oxygen atoms in total. The normalized spacial score (nSPS) is 11.5. The Hall–Kier alpha value is -3.29. The van der Waals surface area contributed by atoms with Crippen LogP contribution >= 0.6 is 0 Å². The molecule has 2 rings (SSSR count). The zero-order valence-electron chi connectivity index (χ0n) is 13.7. The van der Waals surface area contributed by atoms with Gasteiger partial charge in [-0.15, -0.1) is 0 Å². The van der Waals surface area contributed by atoms with E-state index in [-0.39, 0.29) is 18.5 Å². The van der Waals surface area contributed by atoms with Gasteiger partial charge in [0.25, 0.3) is 5.91 Å². The molecule has 1 unspecified atom stereocenters. The van der Waals surface area contributed by atoms with E-state index >= 15 is 0 Å². The maximum Gasteiger partial charge on any atom is 0.254 e. The van der Waals surface area contributed by atoms with E-state index in [1.165, 1.54) is 0 Å². The van der Waals surface area contributed by atoms with Crippen LogP contribution in [0.2, 0.25) is 0 Å². The number of halogens is 2. The number of nitrogens with two attached hydrogens (primary N) is 1. The summed E-state index contributed by atoms with van der Waals surface area (Å²) < 4.78 is 26.3. The highest BCUT2D eigenvalue weighted by Gasteiger charge is 2.20. The third-order valence-corrected chi connectivity index (χ3v) is 3.54. The van der Waals surface area contributed by atoms with Crippen molar-refractivity contribution in [2.24, 2.45) is 5.73 Å². The largest absolute Gasteiger partial charge is 0.368 e. The van der Waals surface area contributed by atoms with Crippen molar-refractivity contribution in [2.45, 2.75) is 12.5 Å². The molecule has 0 aliphatic carbocycles. The lowest BCUT2D eigenvalue weighted by molar-refractivity contribution is -0.127. The molecule has 0 bridgehead atoms. The number of hydrogen-bond acceptors (Lipinski definition) is 3. The molecule has 3 amide bonds. The summed E-state index contributed by atoms with van der Waals surface area (Å²) in [6, 6.07) is 10.0. The summed E-state index contributed by atoms with van der Waals surface area (Å²) in [4.78, 5) is 35.3. The van der Waals surface area contributed by atoms with Crippen LogP contribution in [0.25, 0.3) is 0 Å². The maximum atomic E-state index is 13.5. The van der Waals surface area contributed by atoms with E-state index in [9.17, 15) is 23.2 Å². The van der Waals surface area contributed by atoms with E-state index in [2.05, 4.69) is 10.6 Å². The van der Waals surface area contributed by atoms with Gasteiger partial charge in [0.05, 0.1) is 5.56 Å². The van der Waals surface area contributed by atoms with Crippen molar-refractivity contribution in [3.8, 4) is 0 Å². The molecule has 26 heavy (non-hydrogen) atoms. The summed E-state index contributed by atoms with van der Waals surface area (Å²) >= 11 is 0. The average molecular weight is 361 g/mol. The molecule has 8 heteroatoms. The van der Waals surface area contributed by atoms with Gasteiger partial charge >= 0.3 is 0 Å². The van der Waals surface area contributed by atoms with Crippen molar-refractivity contribution in [2.75, 3.05) is 6.54 Å².